The summed E-state index contributed by atoms with van der Waals surface area (Å²) in [4.78, 5) is 193. The lowest BCUT2D eigenvalue weighted by molar-refractivity contribution is -0.268. The summed E-state index contributed by atoms with van der Waals surface area (Å²) in [6.07, 6.45) is -9.02. The molecule has 786 valence electrons. The van der Waals surface area contributed by atoms with Crippen LogP contribution in [0.5, 0.6) is 46.0 Å². The zero-order valence-electron chi connectivity index (χ0n) is 84.6. The zero-order valence-corrected chi connectivity index (χ0v) is 88.2. The third-order valence-corrected chi connectivity index (χ3v) is 35.2. The summed E-state index contributed by atoms with van der Waals surface area (Å²) in [7, 11) is -5.52. The minimum atomic E-state index is -3.44. The molecule has 0 unspecified atom stereocenters. The van der Waals surface area contributed by atoms with Gasteiger partial charge in [0.2, 0.25) is 59.5 Å². The first-order valence-electron chi connectivity index (χ1n) is 47.8. The van der Waals surface area contributed by atoms with E-state index < -0.39 is 226 Å². The number of likely N-dealkylation sites (N-methyl/N-ethyl adjacent to an activating group) is 1. The molecule has 8 aromatic rings. The van der Waals surface area contributed by atoms with Gasteiger partial charge in [0, 0.05) is 34.7 Å². The van der Waals surface area contributed by atoms with Crippen LogP contribution in [0.3, 0.4) is 0 Å². The van der Waals surface area contributed by atoms with Gasteiger partial charge in [-0.25, -0.2) is 24.0 Å². The summed E-state index contributed by atoms with van der Waals surface area (Å²) in [5.74, 6) is -16.2. The Morgan fingerprint density at radius 2 is 1.03 bits per heavy atom. The van der Waals surface area contributed by atoms with E-state index in [1.165, 1.54) is 165 Å². The summed E-state index contributed by atoms with van der Waals surface area (Å²) in [6.45, 7) is 39.3. The maximum Gasteiger partial charge on any atom is 0.410 e. The first kappa shape index (κ1) is 113. The van der Waals surface area contributed by atoms with Crippen LogP contribution >= 0.6 is 23.2 Å². The SMILES string of the molecule is C=CCOC(=O)[C@H]1NC(=O)[C@H]2NC(=O)[C@H](NC(=O)[C@@H]3NC(=O)[C@H](CC(N)=O)NC(=O)[C@H](NC(=O)[C@@H](CC(C)C)N(C)C(=O)OCC=C)[C@H](O[Si](C)(C)C(C)(C)C)c4ccc(c(Cl)c4)Oc4cc3cc(c4O[C@@H]3O[C@H](CN=[N+]=[N-])[C@@H](OC(=O)c4ccccc4)[C@H](OC(=O)c4ccccc4)[C@H]3OC(=O)c3ccccc3)Oc3ccc(cc3Cl)[C@H]2O[Si](C)(C)C(C)(C)C)c2ccc(OCC=C)c(c2)-c2c(OCC=C)cc(OCC=C)cc21. The number of azide groups is 1. The van der Waals surface area contributed by atoms with Crippen molar-refractivity contribution in [2.45, 2.75) is 190 Å². The molecule has 8 aromatic carbocycles. The maximum atomic E-state index is 17.5. The standard InChI is InChI=1S/C108H121Cl2N11O26Si2/c1-19-45-134-68-56-70-83(78(57-68)136-47-21-3)69-51-64(39-42-75(69)135-46-20-2)84-97(125)119-88(100(128)117-86(70)104(132)137-48-22-4)90(147-149(17,18)108(11,12)13)66-41-44-77(72(110)53-66)140-80-55-67-54-79(91(80)145-105-94(144-103(131)63-37-31-26-32-38-63)93(143-102(130)62-35-29-25-30-36-62)92(81(141-105)59-113-120-112)142-101(129)61-33-27-24-28-34-61)139-76-43-40-65(52-71(76)109)89(146-148(15,16)107(8,9)10)87(118-96(124)74(50-60(6)7)121(14)106(133)138-49-23-5)99(127)114-73(58-82(111)122)95(123)115-85(67)98(126)116-84/h19-44,51-57,60,73-74,81,84-90,92-94,105H,1-5,45-50,58-59H2,6-18H3,(H2,111,122)(H,114,127)(H,115,123)(H,116,126)(H,117,128)(H,118,124)(H,119,125)/t73-,74+,81+,84+,85+,86-,87+,88-,89+,90+,92+,93-,94+,105-/m0/s1. The largest absolute Gasteiger partial charge is 0.489 e. The van der Waals surface area contributed by atoms with Gasteiger partial charge in [-0.05, 0) is 167 Å². The average Bonchev–Trinajstić information content (AvgIpc) is 0.749. The third-order valence-electron chi connectivity index (χ3n) is 25.7. The predicted octanol–water partition coefficient (Wildman–Crippen LogP) is 17.1. The van der Waals surface area contributed by atoms with Gasteiger partial charge in [-0.1, -0.05) is 220 Å². The van der Waals surface area contributed by atoms with E-state index in [2.05, 4.69) is 74.8 Å². The Bertz CT molecular complexity index is 6440. The predicted molar refractivity (Wildman–Crippen MR) is 557 cm³/mol. The fourth-order valence-electron chi connectivity index (χ4n) is 16.1. The van der Waals surface area contributed by atoms with Crippen molar-refractivity contribution >= 4 is 111 Å². The number of esters is 4. The van der Waals surface area contributed by atoms with Gasteiger partial charge in [0.1, 0.15) is 104 Å². The fraction of sp³-hybridized carbons (Fsp3) is 0.352. The van der Waals surface area contributed by atoms with Gasteiger partial charge in [0.25, 0.3) is 0 Å². The van der Waals surface area contributed by atoms with Gasteiger partial charge in [0.15, 0.2) is 46.4 Å². The van der Waals surface area contributed by atoms with E-state index in [0.717, 1.165) is 17.0 Å². The lowest BCUT2D eigenvalue weighted by atomic mass is 9.89. The number of amides is 8. The Morgan fingerprint density at radius 1 is 0.544 bits per heavy atom. The van der Waals surface area contributed by atoms with E-state index in [4.69, 9.17) is 94.6 Å². The smallest absolute Gasteiger partial charge is 0.410 e. The number of nitrogens with one attached hydrogen (secondary N) is 6. The van der Waals surface area contributed by atoms with E-state index in [9.17, 15) is 19.9 Å². The zero-order chi connectivity index (χ0) is 108. The number of primary amides is 1. The summed E-state index contributed by atoms with van der Waals surface area (Å²) in [6, 6.07) is 25.6. The number of fused-ring (bicyclic) bond motifs is 15. The molecule has 6 aliphatic heterocycles. The van der Waals surface area contributed by atoms with Crippen LogP contribution in [0, 0.1) is 5.92 Å². The topological polar surface area (TPSA) is 484 Å². The van der Waals surface area contributed by atoms with Crippen molar-refractivity contribution in [1.29, 1.82) is 0 Å². The highest BCUT2D eigenvalue weighted by Crippen LogP contribution is 2.53. The lowest BCUT2D eigenvalue weighted by Gasteiger charge is -2.44. The van der Waals surface area contributed by atoms with Crippen molar-refractivity contribution in [3.8, 4) is 57.1 Å². The van der Waals surface area contributed by atoms with Crippen LogP contribution in [-0.4, -0.2) is 194 Å². The lowest BCUT2D eigenvalue weighted by Crippen LogP contribution is -2.63. The second kappa shape index (κ2) is 49.6. The second-order valence-corrected chi connectivity index (χ2v) is 49.1. The maximum absolute atomic E-state index is 17.5. The molecule has 14 rings (SSSR count). The molecule has 8 N–H and O–H groups in total. The van der Waals surface area contributed by atoms with Gasteiger partial charge in [0.05, 0.1) is 51.9 Å². The molecule has 6 heterocycles. The highest BCUT2D eigenvalue weighted by Gasteiger charge is 2.56. The number of carbonyl (C=O) groups is 12. The second-order valence-electron chi connectivity index (χ2n) is 38.8. The minimum Gasteiger partial charge on any atom is -0.489 e. The molecule has 0 saturated carbocycles. The highest BCUT2D eigenvalue weighted by atomic mass is 35.5. The van der Waals surface area contributed by atoms with Crippen molar-refractivity contribution in [3.05, 3.63) is 298 Å². The summed E-state index contributed by atoms with van der Waals surface area (Å²) < 4.78 is 93.4. The van der Waals surface area contributed by atoms with Gasteiger partial charge in [-0.3, -0.25) is 38.5 Å². The number of ether oxygens (including phenoxy) is 12. The molecule has 41 heteroatoms. The summed E-state index contributed by atoms with van der Waals surface area (Å²) in [5.41, 5.74) is 15.5. The molecule has 11 bridgehead atoms. The Morgan fingerprint density at radius 3 is 1.56 bits per heavy atom. The number of halogens is 2. The van der Waals surface area contributed by atoms with Crippen LogP contribution < -0.4 is 66.1 Å². The molecular formula is C108H121Cl2N11O26Si2. The molecular weight excluding hydrogens is 1990 g/mol. The molecule has 8 amide bonds. The van der Waals surface area contributed by atoms with Gasteiger partial charge in [-0.15, -0.1) is 0 Å². The van der Waals surface area contributed by atoms with Crippen LogP contribution in [-0.2, 0) is 75.6 Å². The van der Waals surface area contributed by atoms with Crippen LogP contribution in [0.25, 0.3) is 21.6 Å². The van der Waals surface area contributed by atoms with Gasteiger partial charge in [-0.2, -0.15) is 0 Å². The molecule has 0 spiro atoms. The molecule has 0 aromatic heterocycles. The molecule has 0 radical (unpaired) electrons. The quantitative estimate of drug-likeness (QED) is 0.00369. The van der Waals surface area contributed by atoms with Gasteiger partial charge >= 0.3 is 30.0 Å². The Kier molecular flexibility index (Phi) is 37.5. The molecule has 0 aliphatic carbocycles. The summed E-state index contributed by atoms with van der Waals surface area (Å²) >= 11 is 15.5. The van der Waals surface area contributed by atoms with Crippen LogP contribution in [0.4, 0.5) is 4.79 Å². The number of nitrogens with zero attached hydrogens (tertiary/aromatic N) is 4. The molecule has 149 heavy (non-hydrogen) atoms. The number of hydrogen-bond acceptors (Lipinski definition) is 27. The van der Waals surface area contributed by atoms with Crippen molar-refractivity contribution in [2.24, 2.45) is 16.8 Å². The van der Waals surface area contributed by atoms with Crippen molar-refractivity contribution in [3.63, 3.8) is 0 Å². The number of hydrogen-bond donors (Lipinski definition) is 7. The van der Waals surface area contributed by atoms with Crippen molar-refractivity contribution < 1.29 is 123 Å². The Hall–Kier alpha value is -15.1. The molecule has 6 aliphatic rings. The third kappa shape index (κ3) is 27.5. The van der Waals surface area contributed by atoms with E-state index in [0.29, 0.717) is 0 Å². The molecule has 37 nitrogen and oxygen atoms in total. The highest BCUT2D eigenvalue weighted by molar-refractivity contribution is 6.74. The monoisotopic (exact) mass is 2110 g/mol. The first-order chi connectivity index (χ1) is 70.8. The number of nitrogens with two attached hydrogens (primary N) is 1. The number of benzene rings is 8. The van der Waals surface area contributed by atoms with Crippen molar-refractivity contribution in [2.75, 3.05) is 46.6 Å². The first-order valence-corrected chi connectivity index (χ1v) is 54.4. The number of carbonyl (C=O) groups excluding carboxylic acids is 12. The Labute approximate surface area is 874 Å². The van der Waals surface area contributed by atoms with E-state index in [-0.39, 0.29) is 128 Å². The normalized spacial score (nSPS) is 20.5. The van der Waals surface area contributed by atoms with Crippen LogP contribution in [0.2, 0.25) is 46.3 Å². The van der Waals surface area contributed by atoms with Crippen LogP contribution in [0.1, 0.15) is 157 Å². The molecule has 14 atom stereocenters. The van der Waals surface area contributed by atoms with E-state index in [1.807, 2.05) is 67.7 Å². The minimum absolute atomic E-state index is 0.00277. The number of rotatable bonds is 35. The van der Waals surface area contributed by atoms with Gasteiger partial charge < -0.3 is 103 Å². The average molecular weight is 2120 g/mol. The van der Waals surface area contributed by atoms with Crippen LogP contribution in [0.15, 0.2) is 238 Å². The fourth-order valence-corrected chi connectivity index (χ4v) is 19.1. The van der Waals surface area contributed by atoms with Crippen molar-refractivity contribution in [1.82, 2.24) is 36.8 Å². The molecule has 1 saturated heterocycles. The van der Waals surface area contributed by atoms with E-state index in [1.54, 1.807) is 44.2 Å². The Balaban J connectivity index is 1.22. The van der Waals surface area contributed by atoms with E-state index >= 15 is 43.2 Å². The molecule has 1 fully saturated rings. The summed E-state index contributed by atoms with van der Waals surface area (Å²) in [5, 5.41) is 18.6.